The van der Waals surface area contributed by atoms with Crippen LogP contribution >= 0.6 is 0 Å². The van der Waals surface area contributed by atoms with E-state index < -0.39 is 17.6 Å². The molecule has 38 heavy (non-hydrogen) atoms. The fourth-order valence-electron chi connectivity index (χ4n) is 4.69. The van der Waals surface area contributed by atoms with Gasteiger partial charge < -0.3 is 23.8 Å². The van der Waals surface area contributed by atoms with E-state index in [-0.39, 0.29) is 35.4 Å². The minimum absolute atomic E-state index is 0.0681. The lowest BCUT2D eigenvalue weighted by Gasteiger charge is -2.30. The minimum atomic E-state index is -1.00. The van der Waals surface area contributed by atoms with Crippen molar-refractivity contribution in [2.75, 3.05) is 18.0 Å². The van der Waals surface area contributed by atoms with Crippen LogP contribution in [0, 0.1) is 11.6 Å². The first-order chi connectivity index (χ1) is 18.5. The van der Waals surface area contributed by atoms with E-state index in [0.29, 0.717) is 54.7 Å². The van der Waals surface area contributed by atoms with Crippen molar-refractivity contribution < 1.29 is 32.5 Å². The van der Waals surface area contributed by atoms with Crippen molar-refractivity contribution in [2.45, 2.75) is 44.3 Å². The van der Waals surface area contributed by atoms with Crippen LogP contribution in [-0.2, 0) is 11.3 Å². The van der Waals surface area contributed by atoms with Crippen LogP contribution in [0.4, 0.5) is 14.7 Å². The number of hydrogen-bond donors (Lipinski definition) is 1. The van der Waals surface area contributed by atoms with Gasteiger partial charge in [-0.05, 0) is 67.2 Å². The molecule has 6 rings (SSSR count). The van der Waals surface area contributed by atoms with Gasteiger partial charge in [0.15, 0.2) is 0 Å². The monoisotopic (exact) mass is 522 g/mol. The van der Waals surface area contributed by atoms with Gasteiger partial charge in [0.2, 0.25) is 0 Å². The fraction of sp³-hybridized carbons (Fsp3) is 0.333. The highest BCUT2D eigenvalue weighted by Gasteiger charge is 2.34. The molecule has 1 aliphatic heterocycles. The van der Waals surface area contributed by atoms with Crippen molar-refractivity contribution >= 4 is 11.9 Å². The Balaban J connectivity index is 1.10. The summed E-state index contributed by atoms with van der Waals surface area (Å²) in [5.41, 5.74) is 1.39. The van der Waals surface area contributed by atoms with Gasteiger partial charge in [0.25, 0.3) is 11.8 Å². The number of hydrogen-bond acceptors (Lipinski definition) is 8. The molecule has 0 radical (unpaired) electrons. The van der Waals surface area contributed by atoms with Crippen LogP contribution in [0.15, 0.2) is 51.5 Å². The molecule has 0 spiro atoms. The van der Waals surface area contributed by atoms with Crippen LogP contribution in [0.1, 0.15) is 53.3 Å². The van der Waals surface area contributed by atoms with E-state index in [1.54, 1.807) is 12.1 Å². The van der Waals surface area contributed by atoms with E-state index in [1.807, 2.05) is 4.90 Å². The van der Waals surface area contributed by atoms with Gasteiger partial charge in [0, 0.05) is 30.1 Å². The molecule has 11 heteroatoms. The average Bonchev–Trinajstić information content (AvgIpc) is 3.49. The molecular weight excluding hydrogens is 498 g/mol. The number of aromatic nitrogens is 3. The number of nitrogens with zero attached hydrogens (tertiary/aromatic N) is 4. The Morgan fingerprint density at radius 3 is 2.37 bits per heavy atom. The predicted molar refractivity (Wildman–Crippen MR) is 131 cm³/mol. The van der Waals surface area contributed by atoms with Crippen LogP contribution in [0.25, 0.3) is 22.7 Å². The Hall–Kier alpha value is -4.12. The first kappa shape index (κ1) is 24.2. The van der Waals surface area contributed by atoms with Crippen LogP contribution in [0.2, 0.25) is 0 Å². The third-order valence-electron chi connectivity index (χ3n) is 6.95. The normalized spacial score (nSPS) is 16.2. The molecule has 0 atom stereocenters. The van der Waals surface area contributed by atoms with Crippen molar-refractivity contribution in [1.82, 2.24) is 15.3 Å². The number of ether oxygens (including phenoxy) is 1. The van der Waals surface area contributed by atoms with Crippen molar-refractivity contribution in [2.24, 2.45) is 0 Å². The summed E-state index contributed by atoms with van der Waals surface area (Å²) in [6.45, 7) is 1.42. The maximum Gasteiger partial charge on any atom is 0.335 e. The number of piperidine rings is 1. The number of benzene rings is 2. The summed E-state index contributed by atoms with van der Waals surface area (Å²) in [7, 11) is 0. The van der Waals surface area contributed by atoms with Crippen molar-refractivity contribution in [3.8, 4) is 22.7 Å². The highest BCUT2D eigenvalue weighted by Crippen LogP contribution is 2.45. The molecule has 1 N–H and O–H groups in total. The molecule has 2 aromatic heterocycles. The second kappa shape index (κ2) is 9.97. The number of anilines is 1. The molecule has 1 saturated carbocycles. The molecule has 0 unspecified atom stereocenters. The van der Waals surface area contributed by atoms with Gasteiger partial charge in [-0.2, -0.15) is 4.98 Å². The number of rotatable bonds is 8. The van der Waals surface area contributed by atoms with E-state index in [9.17, 15) is 13.6 Å². The minimum Gasteiger partial charge on any atom is -0.478 e. The zero-order chi connectivity index (χ0) is 26.2. The summed E-state index contributed by atoms with van der Waals surface area (Å²) in [5.74, 6) is -0.761. The smallest absolute Gasteiger partial charge is 0.335 e. The highest BCUT2D eigenvalue weighted by atomic mass is 19.1. The summed E-state index contributed by atoms with van der Waals surface area (Å²) < 4.78 is 46.1. The lowest BCUT2D eigenvalue weighted by Crippen LogP contribution is -2.37. The zero-order valence-electron chi connectivity index (χ0n) is 20.3. The number of carboxylic acids is 1. The van der Waals surface area contributed by atoms with Crippen LogP contribution in [-0.4, -0.2) is 45.6 Å². The Labute approximate surface area is 216 Å². The molecule has 3 heterocycles. The molecule has 9 nitrogen and oxygen atoms in total. The van der Waals surface area contributed by atoms with Gasteiger partial charge in [-0.25, -0.2) is 13.6 Å². The van der Waals surface area contributed by atoms with Gasteiger partial charge in [-0.3, -0.25) is 0 Å². The lowest BCUT2D eigenvalue weighted by molar-refractivity contribution is 0.0244. The molecule has 196 valence electrons. The quantitative estimate of drug-likeness (QED) is 0.323. The first-order valence-corrected chi connectivity index (χ1v) is 12.4. The number of carboxylic acid groups (broad SMARTS) is 1. The Morgan fingerprint density at radius 2 is 1.71 bits per heavy atom. The molecular formula is C27H24F2N4O5. The number of aromatic carboxylic acids is 1. The second-order valence-corrected chi connectivity index (χ2v) is 9.52. The first-order valence-electron chi connectivity index (χ1n) is 12.4. The van der Waals surface area contributed by atoms with Gasteiger partial charge in [-0.1, -0.05) is 11.2 Å². The van der Waals surface area contributed by atoms with Crippen molar-refractivity contribution in [3.63, 3.8) is 0 Å². The summed E-state index contributed by atoms with van der Waals surface area (Å²) >= 11 is 0. The van der Waals surface area contributed by atoms with Crippen LogP contribution in [0.5, 0.6) is 0 Å². The van der Waals surface area contributed by atoms with Gasteiger partial charge in [0.1, 0.15) is 23.1 Å². The van der Waals surface area contributed by atoms with E-state index in [2.05, 4.69) is 15.3 Å². The number of carbonyl (C=O) groups is 1. The summed E-state index contributed by atoms with van der Waals surface area (Å²) in [6.07, 6.45) is 3.24. The summed E-state index contributed by atoms with van der Waals surface area (Å²) in [6, 6.07) is 9.96. The third-order valence-corrected chi connectivity index (χ3v) is 6.95. The van der Waals surface area contributed by atoms with E-state index in [1.165, 1.54) is 30.3 Å². The highest BCUT2D eigenvalue weighted by molar-refractivity contribution is 5.88. The van der Waals surface area contributed by atoms with Crippen molar-refractivity contribution in [1.29, 1.82) is 0 Å². The van der Waals surface area contributed by atoms with E-state index in [0.717, 1.165) is 12.8 Å². The number of halogens is 2. The summed E-state index contributed by atoms with van der Waals surface area (Å²) in [5, 5.41) is 17.2. The molecule has 2 aromatic carbocycles. The molecule has 1 saturated heterocycles. The Morgan fingerprint density at radius 1 is 1.00 bits per heavy atom. The van der Waals surface area contributed by atoms with Crippen LogP contribution in [0.3, 0.4) is 0 Å². The lowest BCUT2D eigenvalue weighted by atomic mass is 10.0. The van der Waals surface area contributed by atoms with Gasteiger partial charge >= 0.3 is 5.97 Å². The Kier molecular flexibility index (Phi) is 6.36. The van der Waals surface area contributed by atoms with Gasteiger partial charge in [0.05, 0.1) is 23.8 Å². The van der Waals surface area contributed by atoms with E-state index in [4.69, 9.17) is 18.9 Å². The largest absolute Gasteiger partial charge is 0.478 e. The molecule has 0 amide bonds. The van der Waals surface area contributed by atoms with Crippen molar-refractivity contribution in [3.05, 3.63) is 71.0 Å². The van der Waals surface area contributed by atoms with Crippen LogP contribution < -0.4 is 4.90 Å². The third kappa shape index (κ3) is 4.76. The maximum atomic E-state index is 14.5. The average molecular weight is 523 g/mol. The summed E-state index contributed by atoms with van der Waals surface area (Å²) in [4.78, 5) is 17.5. The maximum absolute atomic E-state index is 14.5. The standard InChI is InChI=1S/C27H24F2N4O5/c28-20-2-1-3-21(29)22(20)23-19(24(37-31-23)15-4-5-15)14-36-18-10-12-33(13-11-18)27-30-25(38-32-27)16-6-8-17(9-7-16)26(34)35/h1-3,6-9,15,18H,4-5,10-14H2,(H,34,35). The predicted octanol–water partition coefficient (Wildman–Crippen LogP) is 5.43. The molecule has 2 aliphatic rings. The molecule has 4 aromatic rings. The SMILES string of the molecule is O=C(O)c1ccc(-c2nc(N3CCC(OCc4c(-c5c(F)cccc5F)noc4C4CC4)CC3)no2)cc1. The molecule has 1 aliphatic carbocycles. The zero-order valence-corrected chi connectivity index (χ0v) is 20.3. The molecule has 2 fully saturated rings. The molecule has 0 bridgehead atoms. The topological polar surface area (TPSA) is 115 Å². The van der Waals surface area contributed by atoms with E-state index >= 15 is 0 Å². The van der Waals surface area contributed by atoms with Gasteiger partial charge in [-0.15, -0.1) is 0 Å². The fourth-order valence-corrected chi connectivity index (χ4v) is 4.69. The second-order valence-electron chi connectivity index (χ2n) is 9.52. The Bertz CT molecular complexity index is 1440.